The Morgan fingerprint density at radius 1 is 1.18 bits per heavy atom. The van der Waals surface area contributed by atoms with Crippen molar-refractivity contribution in [3.05, 3.63) is 124 Å². The largest absolute Gasteiger partial charge is 0.489 e. The molecule has 0 aliphatic carbocycles. The summed E-state index contributed by atoms with van der Waals surface area (Å²) in [5.41, 5.74) is 3.27. The van der Waals surface area contributed by atoms with Gasteiger partial charge in [0, 0.05) is 16.5 Å². The molecule has 0 amide bonds. The number of nitrogens with one attached hydrogen (secondary N) is 1. The summed E-state index contributed by atoms with van der Waals surface area (Å²) in [6.07, 6.45) is 1.52. The van der Waals surface area contributed by atoms with Crippen LogP contribution in [0.5, 0.6) is 5.75 Å². The summed E-state index contributed by atoms with van der Waals surface area (Å²) >= 11 is 7.30. The van der Waals surface area contributed by atoms with Gasteiger partial charge in [-0.2, -0.15) is 4.98 Å². The summed E-state index contributed by atoms with van der Waals surface area (Å²) in [5.74, 6) is 0.666. The fraction of sp³-hybridized carbons (Fsp3) is 0.167. The van der Waals surface area contributed by atoms with Crippen molar-refractivity contribution in [1.82, 2.24) is 14.8 Å². The van der Waals surface area contributed by atoms with Gasteiger partial charge in [0.15, 0.2) is 0 Å². The van der Waals surface area contributed by atoms with E-state index in [4.69, 9.17) is 26.2 Å². The van der Waals surface area contributed by atoms with E-state index in [2.05, 4.69) is 16.9 Å². The first-order chi connectivity index (χ1) is 19.4. The second-order valence-electron chi connectivity index (χ2n) is 8.98. The molecule has 0 bridgehead atoms. The standard InChI is InChI=1S/C30H26ClFN4O3S/c1-3-15-38-28(37)26-19(2)33-29-34-30(40-18-22-7-4-5-10-25(22)32)35-36(29)27(26)21-8-6-9-24(16-21)39-17-20-11-13-23(31)14-12-20/h3-14,16,27H,1,15,17-18H2,2H3,(H,33,34,35). The molecule has 5 rings (SSSR count). The van der Waals surface area contributed by atoms with E-state index in [1.54, 1.807) is 29.8 Å². The Balaban J connectivity index is 1.45. The van der Waals surface area contributed by atoms with Crippen LogP contribution in [0, 0.1) is 5.82 Å². The minimum atomic E-state index is -0.636. The number of carbonyl (C=O) groups excluding carboxylic acids is 1. The van der Waals surface area contributed by atoms with E-state index >= 15 is 0 Å². The van der Waals surface area contributed by atoms with Crippen LogP contribution in [0.15, 0.2) is 102 Å². The van der Waals surface area contributed by atoms with E-state index in [0.717, 1.165) is 11.1 Å². The fourth-order valence-electron chi connectivity index (χ4n) is 4.26. The average molecular weight is 577 g/mol. The Kier molecular flexibility index (Phi) is 8.52. The molecule has 0 radical (unpaired) electrons. The molecule has 204 valence electrons. The van der Waals surface area contributed by atoms with Crippen molar-refractivity contribution in [3.63, 3.8) is 0 Å². The van der Waals surface area contributed by atoms with Gasteiger partial charge in [0.25, 0.3) is 0 Å². The number of anilines is 1. The van der Waals surface area contributed by atoms with Gasteiger partial charge in [-0.3, -0.25) is 0 Å². The van der Waals surface area contributed by atoms with Crippen LogP contribution < -0.4 is 10.1 Å². The van der Waals surface area contributed by atoms with Gasteiger partial charge in [0.2, 0.25) is 11.1 Å². The van der Waals surface area contributed by atoms with Crippen molar-refractivity contribution in [3.8, 4) is 5.75 Å². The van der Waals surface area contributed by atoms with Gasteiger partial charge >= 0.3 is 5.97 Å². The maximum Gasteiger partial charge on any atom is 0.338 e. The maximum atomic E-state index is 14.2. The molecule has 1 unspecified atom stereocenters. The third-order valence-electron chi connectivity index (χ3n) is 6.19. The highest BCUT2D eigenvalue weighted by atomic mass is 35.5. The third-order valence-corrected chi connectivity index (χ3v) is 7.33. The number of nitrogens with zero attached hydrogens (tertiary/aromatic N) is 3. The van der Waals surface area contributed by atoms with Crippen LogP contribution in [0.1, 0.15) is 29.7 Å². The highest BCUT2D eigenvalue weighted by Gasteiger charge is 2.35. The van der Waals surface area contributed by atoms with E-state index in [1.807, 2.05) is 48.5 Å². The molecule has 0 spiro atoms. The number of allylic oxidation sites excluding steroid dienone is 1. The second kappa shape index (κ2) is 12.4. The molecule has 0 saturated carbocycles. The molecule has 4 aromatic rings. The molecule has 40 heavy (non-hydrogen) atoms. The zero-order valence-corrected chi connectivity index (χ0v) is 23.2. The monoisotopic (exact) mass is 576 g/mol. The highest BCUT2D eigenvalue weighted by Crippen LogP contribution is 2.38. The van der Waals surface area contributed by atoms with Crippen molar-refractivity contribution < 1.29 is 18.7 Å². The van der Waals surface area contributed by atoms with E-state index in [0.29, 0.717) is 51.1 Å². The van der Waals surface area contributed by atoms with Crippen LogP contribution in [-0.4, -0.2) is 27.3 Å². The second-order valence-corrected chi connectivity index (χ2v) is 10.4. The van der Waals surface area contributed by atoms with Crippen molar-refractivity contribution in [2.24, 2.45) is 0 Å². The van der Waals surface area contributed by atoms with Crippen LogP contribution in [0.25, 0.3) is 0 Å². The van der Waals surface area contributed by atoms with Gasteiger partial charge in [0.05, 0.1) is 5.57 Å². The molecule has 0 fully saturated rings. The SMILES string of the molecule is C=CCOC(=O)C1=C(C)Nc2nc(SCc3ccccc3F)nn2C1c1cccc(OCc2ccc(Cl)cc2)c1. The number of hydrogen-bond donors (Lipinski definition) is 1. The normalized spacial score (nSPS) is 14.3. The summed E-state index contributed by atoms with van der Waals surface area (Å²) in [6, 6.07) is 20.9. The van der Waals surface area contributed by atoms with Gasteiger partial charge < -0.3 is 14.8 Å². The number of carbonyl (C=O) groups is 1. The molecule has 10 heteroatoms. The molecule has 1 aromatic heterocycles. The van der Waals surface area contributed by atoms with Crippen LogP contribution in [-0.2, 0) is 21.9 Å². The molecular formula is C30H26ClFN4O3S. The van der Waals surface area contributed by atoms with E-state index in [1.165, 1.54) is 23.9 Å². The topological polar surface area (TPSA) is 78.3 Å². The predicted octanol–water partition coefficient (Wildman–Crippen LogP) is 6.96. The number of ether oxygens (including phenoxy) is 2. The van der Waals surface area contributed by atoms with Crippen molar-refractivity contribution in [1.29, 1.82) is 0 Å². The minimum absolute atomic E-state index is 0.0700. The summed E-state index contributed by atoms with van der Waals surface area (Å²) in [7, 11) is 0. The molecule has 1 aliphatic heterocycles. The van der Waals surface area contributed by atoms with Gasteiger partial charge in [-0.15, -0.1) is 5.10 Å². The Morgan fingerprint density at radius 3 is 2.75 bits per heavy atom. The smallest absolute Gasteiger partial charge is 0.338 e. The first-order valence-electron chi connectivity index (χ1n) is 12.5. The zero-order valence-electron chi connectivity index (χ0n) is 21.6. The lowest BCUT2D eigenvalue weighted by atomic mass is 9.95. The van der Waals surface area contributed by atoms with Crippen LogP contribution >= 0.6 is 23.4 Å². The number of thioether (sulfide) groups is 1. The lowest BCUT2D eigenvalue weighted by Crippen LogP contribution is -2.29. The first-order valence-corrected chi connectivity index (χ1v) is 13.8. The number of rotatable bonds is 10. The molecule has 3 aromatic carbocycles. The van der Waals surface area contributed by atoms with Crippen molar-refractivity contribution in [2.45, 2.75) is 30.5 Å². The van der Waals surface area contributed by atoms with E-state index < -0.39 is 12.0 Å². The summed E-state index contributed by atoms with van der Waals surface area (Å²) < 4.78 is 27.3. The quantitative estimate of drug-likeness (QED) is 0.124. The van der Waals surface area contributed by atoms with Crippen LogP contribution in [0.4, 0.5) is 10.3 Å². The minimum Gasteiger partial charge on any atom is -0.489 e. The van der Waals surface area contributed by atoms with Crippen molar-refractivity contribution >= 4 is 35.3 Å². The molecule has 7 nitrogen and oxygen atoms in total. The average Bonchev–Trinajstić information content (AvgIpc) is 3.37. The van der Waals surface area contributed by atoms with E-state index in [-0.39, 0.29) is 12.4 Å². The molecule has 1 aliphatic rings. The van der Waals surface area contributed by atoms with Gasteiger partial charge in [-0.05, 0) is 53.9 Å². The Hall–Kier alpha value is -4.08. The molecule has 1 atom stereocenters. The number of aromatic nitrogens is 3. The van der Waals surface area contributed by atoms with Crippen LogP contribution in [0.2, 0.25) is 5.02 Å². The lowest BCUT2D eigenvalue weighted by molar-refractivity contribution is -0.138. The van der Waals surface area contributed by atoms with Crippen LogP contribution in [0.3, 0.4) is 0 Å². The Labute approximate surface area is 240 Å². The Morgan fingerprint density at radius 2 is 1.98 bits per heavy atom. The number of fused-ring (bicyclic) bond motifs is 1. The summed E-state index contributed by atoms with van der Waals surface area (Å²) in [6.45, 7) is 5.85. The van der Waals surface area contributed by atoms with Gasteiger partial charge in [0.1, 0.15) is 30.8 Å². The molecular weight excluding hydrogens is 551 g/mol. The molecule has 1 N–H and O–H groups in total. The zero-order chi connectivity index (χ0) is 28.1. The number of hydrogen-bond acceptors (Lipinski definition) is 7. The highest BCUT2D eigenvalue weighted by molar-refractivity contribution is 7.98. The molecule has 0 saturated heterocycles. The number of benzene rings is 3. The fourth-order valence-corrected chi connectivity index (χ4v) is 5.20. The maximum absolute atomic E-state index is 14.2. The van der Waals surface area contributed by atoms with Gasteiger partial charge in [-0.25, -0.2) is 13.9 Å². The summed E-state index contributed by atoms with van der Waals surface area (Å²) in [4.78, 5) is 17.8. The molecule has 2 heterocycles. The number of esters is 1. The van der Waals surface area contributed by atoms with Crippen molar-refractivity contribution in [2.75, 3.05) is 11.9 Å². The first kappa shape index (κ1) is 27.5. The predicted molar refractivity (Wildman–Crippen MR) is 154 cm³/mol. The van der Waals surface area contributed by atoms with E-state index in [9.17, 15) is 9.18 Å². The number of halogens is 2. The summed E-state index contributed by atoms with van der Waals surface area (Å²) in [5, 5.41) is 8.98. The van der Waals surface area contributed by atoms with Gasteiger partial charge in [-0.1, -0.05) is 78.5 Å². The lowest BCUT2D eigenvalue weighted by Gasteiger charge is -2.28. The Bertz CT molecular complexity index is 1570. The third kappa shape index (κ3) is 6.21.